The Labute approximate surface area is 149 Å². The monoisotopic (exact) mass is 363 g/mol. The maximum absolute atomic E-state index is 12.0. The summed E-state index contributed by atoms with van der Waals surface area (Å²) < 4.78 is 3.24. The Morgan fingerprint density at radius 1 is 1.12 bits per heavy atom. The molecule has 0 saturated carbocycles. The van der Waals surface area contributed by atoms with Crippen LogP contribution in [0.15, 0.2) is 42.7 Å². The molecular formula is C16H15Cl2N5O. The van der Waals surface area contributed by atoms with Crippen molar-refractivity contribution in [1.29, 1.82) is 0 Å². The summed E-state index contributed by atoms with van der Waals surface area (Å²) in [4.78, 5) is 12.0. The Kier molecular flexibility index (Phi) is 4.87. The number of nitrogens with zero attached hydrogens (tertiary/aromatic N) is 4. The summed E-state index contributed by atoms with van der Waals surface area (Å²) in [5.74, 6) is 0.273. The second-order valence-corrected chi connectivity index (χ2v) is 6.18. The number of hydrogen-bond acceptors (Lipinski definition) is 3. The summed E-state index contributed by atoms with van der Waals surface area (Å²) in [7, 11) is 0. The highest BCUT2D eigenvalue weighted by Crippen LogP contribution is 2.13. The van der Waals surface area contributed by atoms with Gasteiger partial charge in [-0.05, 0) is 24.6 Å². The number of halogens is 2. The number of aryl methyl sites for hydroxylation is 1. The number of anilines is 1. The van der Waals surface area contributed by atoms with E-state index in [-0.39, 0.29) is 12.5 Å². The zero-order valence-electron chi connectivity index (χ0n) is 12.9. The molecule has 8 heteroatoms. The van der Waals surface area contributed by atoms with Crippen LogP contribution >= 0.6 is 23.2 Å². The van der Waals surface area contributed by atoms with Crippen molar-refractivity contribution in [3.05, 3.63) is 64.0 Å². The molecule has 0 fully saturated rings. The zero-order chi connectivity index (χ0) is 17.1. The van der Waals surface area contributed by atoms with E-state index in [2.05, 4.69) is 15.5 Å². The number of carbonyl (C=O) groups excluding carboxylic acids is 1. The van der Waals surface area contributed by atoms with Crippen LogP contribution in [0.5, 0.6) is 0 Å². The van der Waals surface area contributed by atoms with Crippen LogP contribution in [0, 0.1) is 6.92 Å². The van der Waals surface area contributed by atoms with Gasteiger partial charge >= 0.3 is 0 Å². The van der Waals surface area contributed by atoms with Crippen molar-refractivity contribution in [1.82, 2.24) is 19.6 Å². The lowest BCUT2D eigenvalue weighted by molar-refractivity contribution is -0.116. The van der Waals surface area contributed by atoms with Crippen LogP contribution < -0.4 is 5.32 Å². The van der Waals surface area contributed by atoms with Gasteiger partial charge in [0.2, 0.25) is 5.91 Å². The molecule has 3 rings (SSSR count). The number of amides is 1. The van der Waals surface area contributed by atoms with Crippen molar-refractivity contribution >= 4 is 34.9 Å². The Hall–Kier alpha value is -2.31. The Bertz CT molecular complexity index is 834. The quantitative estimate of drug-likeness (QED) is 0.755. The largest absolute Gasteiger partial charge is 0.308 e. The van der Waals surface area contributed by atoms with Gasteiger partial charge < -0.3 is 5.32 Å². The third-order valence-corrected chi connectivity index (χ3v) is 3.98. The molecule has 124 valence electrons. The summed E-state index contributed by atoms with van der Waals surface area (Å²) >= 11 is 11.8. The van der Waals surface area contributed by atoms with E-state index in [1.807, 2.05) is 24.3 Å². The van der Waals surface area contributed by atoms with Crippen molar-refractivity contribution in [2.45, 2.75) is 20.0 Å². The fourth-order valence-electron chi connectivity index (χ4n) is 2.20. The number of carbonyl (C=O) groups is 1. The van der Waals surface area contributed by atoms with Crippen LogP contribution in [0.1, 0.15) is 11.3 Å². The average molecular weight is 364 g/mol. The molecule has 0 aliphatic heterocycles. The van der Waals surface area contributed by atoms with Gasteiger partial charge in [0.1, 0.15) is 6.54 Å². The van der Waals surface area contributed by atoms with Crippen molar-refractivity contribution < 1.29 is 4.79 Å². The molecule has 2 aromatic heterocycles. The first-order valence-electron chi connectivity index (χ1n) is 7.27. The van der Waals surface area contributed by atoms with E-state index in [4.69, 9.17) is 23.2 Å². The highest BCUT2D eigenvalue weighted by Gasteiger charge is 2.09. The number of benzene rings is 1. The molecule has 2 heterocycles. The molecule has 0 aliphatic carbocycles. The lowest BCUT2D eigenvalue weighted by Gasteiger charge is -2.03. The highest BCUT2D eigenvalue weighted by molar-refractivity contribution is 6.31. The molecule has 0 bridgehead atoms. The summed E-state index contributed by atoms with van der Waals surface area (Å²) in [5, 5.41) is 12.4. The third kappa shape index (κ3) is 4.15. The van der Waals surface area contributed by atoms with E-state index in [1.54, 1.807) is 30.1 Å². The van der Waals surface area contributed by atoms with E-state index in [9.17, 15) is 4.79 Å². The van der Waals surface area contributed by atoms with Gasteiger partial charge in [0, 0.05) is 23.5 Å². The van der Waals surface area contributed by atoms with Crippen molar-refractivity contribution in [2.75, 3.05) is 5.32 Å². The minimum absolute atomic E-state index is 0.0810. The van der Waals surface area contributed by atoms with Crippen molar-refractivity contribution in [3.8, 4) is 0 Å². The molecule has 0 saturated heterocycles. The number of aromatic nitrogens is 4. The molecule has 6 nitrogen and oxygen atoms in total. The summed E-state index contributed by atoms with van der Waals surface area (Å²) in [6.07, 6.45) is 3.43. The molecule has 0 spiro atoms. The van der Waals surface area contributed by atoms with Gasteiger partial charge in [-0.2, -0.15) is 10.2 Å². The van der Waals surface area contributed by atoms with Crippen molar-refractivity contribution in [2.24, 2.45) is 0 Å². The maximum atomic E-state index is 12.0. The Morgan fingerprint density at radius 2 is 1.88 bits per heavy atom. The molecule has 1 amide bonds. The van der Waals surface area contributed by atoms with Gasteiger partial charge in [0.05, 0.1) is 17.3 Å². The predicted molar refractivity (Wildman–Crippen MR) is 93.4 cm³/mol. The number of hydrogen-bond donors (Lipinski definition) is 1. The van der Waals surface area contributed by atoms with Crippen LogP contribution in [0.3, 0.4) is 0 Å². The summed E-state index contributed by atoms with van der Waals surface area (Å²) in [5.41, 5.74) is 1.76. The molecule has 1 N–H and O–H groups in total. The van der Waals surface area contributed by atoms with Gasteiger partial charge in [-0.1, -0.05) is 35.3 Å². The molecule has 0 radical (unpaired) electrons. The summed E-state index contributed by atoms with van der Waals surface area (Å²) in [6.45, 7) is 2.47. The summed E-state index contributed by atoms with van der Waals surface area (Å²) in [6, 6.07) is 9.29. The third-order valence-electron chi connectivity index (χ3n) is 3.36. The van der Waals surface area contributed by atoms with E-state index >= 15 is 0 Å². The van der Waals surface area contributed by atoms with Gasteiger partial charge in [0.25, 0.3) is 0 Å². The minimum atomic E-state index is -0.217. The van der Waals surface area contributed by atoms with Crippen LogP contribution in [0.4, 0.5) is 5.82 Å². The Balaban J connectivity index is 1.59. The molecule has 24 heavy (non-hydrogen) atoms. The second-order valence-electron chi connectivity index (χ2n) is 5.33. The van der Waals surface area contributed by atoms with Gasteiger partial charge in [0.15, 0.2) is 5.82 Å². The van der Waals surface area contributed by atoms with E-state index in [0.29, 0.717) is 28.1 Å². The highest BCUT2D eigenvalue weighted by atomic mass is 35.5. The first-order valence-corrected chi connectivity index (χ1v) is 8.02. The number of rotatable bonds is 5. The average Bonchev–Trinajstić information content (AvgIpc) is 3.08. The maximum Gasteiger partial charge on any atom is 0.247 e. The molecular weight excluding hydrogens is 349 g/mol. The van der Waals surface area contributed by atoms with E-state index < -0.39 is 0 Å². The molecule has 3 aromatic rings. The predicted octanol–water partition coefficient (Wildman–Crippen LogP) is 3.38. The fourth-order valence-corrected chi connectivity index (χ4v) is 2.47. The van der Waals surface area contributed by atoms with Crippen LogP contribution in [0.25, 0.3) is 0 Å². The normalized spacial score (nSPS) is 10.8. The molecule has 0 unspecified atom stereocenters. The standard InChI is InChI=1S/C16H15Cl2N5O/c1-11-14(18)9-23(20-11)10-16(24)19-15-6-7-22(21-15)8-12-2-4-13(17)5-3-12/h2-7,9H,8,10H2,1H3,(H,19,21,24). The fraction of sp³-hybridized carbons (Fsp3) is 0.188. The van der Waals surface area contributed by atoms with Crippen LogP contribution in [0.2, 0.25) is 10.0 Å². The lowest BCUT2D eigenvalue weighted by atomic mass is 10.2. The van der Waals surface area contributed by atoms with E-state index in [0.717, 1.165) is 5.56 Å². The topological polar surface area (TPSA) is 64.7 Å². The first-order chi connectivity index (χ1) is 11.5. The van der Waals surface area contributed by atoms with Gasteiger partial charge in [-0.15, -0.1) is 0 Å². The first kappa shape index (κ1) is 16.5. The molecule has 1 aromatic carbocycles. The van der Waals surface area contributed by atoms with E-state index in [1.165, 1.54) is 4.68 Å². The smallest absolute Gasteiger partial charge is 0.247 e. The molecule has 0 atom stereocenters. The lowest BCUT2D eigenvalue weighted by Crippen LogP contribution is -2.19. The minimum Gasteiger partial charge on any atom is -0.308 e. The van der Waals surface area contributed by atoms with Crippen molar-refractivity contribution in [3.63, 3.8) is 0 Å². The van der Waals surface area contributed by atoms with Crippen LogP contribution in [-0.2, 0) is 17.9 Å². The number of nitrogens with one attached hydrogen (secondary N) is 1. The Morgan fingerprint density at radius 3 is 2.54 bits per heavy atom. The zero-order valence-corrected chi connectivity index (χ0v) is 14.4. The molecule has 0 aliphatic rings. The van der Waals surface area contributed by atoms with Crippen LogP contribution in [-0.4, -0.2) is 25.5 Å². The van der Waals surface area contributed by atoms with Gasteiger partial charge in [-0.3, -0.25) is 14.2 Å². The second kappa shape index (κ2) is 7.07. The van der Waals surface area contributed by atoms with Gasteiger partial charge in [-0.25, -0.2) is 0 Å². The SMILES string of the molecule is Cc1nn(CC(=O)Nc2ccn(Cc3ccc(Cl)cc3)n2)cc1Cl.